The zero-order valence-corrected chi connectivity index (χ0v) is 20.7. The Bertz CT molecular complexity index is 1040. The molecule has 7 nitrogen and oxygen atoms in total. The number of rotatable bonds is 12. The molecule has 1 saturated carbocycles. The highest BCUT2D eigenvalue weighted by Gasteiger charge is 2.24. The van der Waals surface area contributed by atoms with Crippen LogP contribution in [0, 0.1) is 0 Å². The summed E-state index contributed by atoms with van der Waals surface area (Å²) in [5.41, 5.74) is 14.5. The van der Waals surface area contributed by atoms with Gasteiger partial charge in [0, 0.05) is 29.6 Å². The van der Waals surface area contributed by atoms with Gasteiger partial charge in [0.1, 0.15) is 12.7 Å². The summed E-state index contributed by atoms with van der Waals surface area (Å²) in [5, 5.41) is 0. The predicted octanol–water partition coefficient (Wildman–Crippen LogP) is 5.45. The Morgan fingerprint density at radius 1 is 0.972 bits per heavy atom. The first kappa shape index (κ1) is 27.0. The van der Waals surface area contributed by atoms with E-state index in [1.54, 1.807) is 48.5 Å². The molecule has 1 aliphatic carbocycles. The second-order valence-corrected chi connectivity index (χ2v) is 8.98. The van der Waals surface area contributed by atoms with Gasteiger partial charge in [0.05, 0.1) is 11.7 Å². The molecule has 0 radical (unpaired) electrons. The summed E-state index contributed by atoms with van der Waals surface area (Å²) in [5.74, 6) is -0.828. The zero-order chi connectivity index (χ0) is 25.8. The van der Waals surface area contributed by atoms with Crippen LogP contribution < -0.4 is 11.5 Å². The highest BCUT2D eigenvalue weighted by Crippen LogP contribution is 2.25. The van der Waals surface area contributed by atoms with E-state index in [1.807, 2.05) is 6.08 Å². The van der Waals surface area contributed by atoms with E-state index in [9.17, 15) is 9.59 Å². The van der Waals surface area contributed by atoms with Crippen LogP contribution in [0.15, 0.2) is 61.2 Å². The first-order valence-corrected chi connectivity index (χ1v) is 12.5. The summed E-state index contributed by atoms with van der Waals surface area (Å²) in [4.78, 5) is 24.6. The Kier molecular flexibility index (Phi) is 10.6. The van der Waals surface area contributed by atoms with Crippen molar-refractivity contribution in [3.8, 4) is 0 Å². The molecule has 192 valence electrons. The number of nitrogen functional groups attached to an aromatic ring is 2. The standard InChI is InChI=1S/C29H36N2O5/c1-2-3-4-5-18-34-25-13-15-26(16-14-25)36-29(33)22-9-6-21(7-10-22)8-17-28(32)35-20-23-11-12-24(30)19-27(23)31/h2,6-12,17,19,25-26H,1,3-5,13-16,18,20,30-31H2. The first-order chi connectivity index (χ1) is 17.4. The molecule has 4 N–H and O–H groups in total. The van der Waals surface area contributed by atoms with E-state index >= 15 is 0 Å². The van der Waals surface area contributed by atoms with Crippen molar-refractivity contribution < 1.29 is 23.8 Å². The summed E-state index contributed by atoms with van der Waals surface area (Å²) in [7, 11) is 0. The van der Waals surface area contributed by atoms with Gasteiger partial charge in [-0.1, -0.05) is 24.3 Å². The van der Waals surface area contributed by atoms with Crippen LogP contribution >= 0.6 is 0 Å². The van der Waals surface area contributed by atoms with Crippen LogP contribution in [-0.4, -0.2) is 30.8 Å². The third-order valence-corrected chi connectivity index (χ3v) is 6.15. The monoisotopic (exact) mass is 492 g/mol. The highest BCUT2D eigenvalue weighted by atomic mass is 16.5. The van der Waals surface area contributed by atoms with E-state index in [-0.39, 0.29) is 24.8 Å². The summed E-state index contributed by atoms with van der Waals surface area (Å²) in [6.45, 7) is 4.57. The van der Waals surface area contributed by atoms with Crippen LogP contribution in [0.5, 0.6) is 0 Å². The smallest absolute Gasteiger partial charge is 0.338 e. The Morgan fingerprint density at radius 2 is 1.69 bits per heavy atom. The number of allylic oxidation sites excluding steroid dienone is 1. The largest absolute Gasteiger partial charge is 0.459 e. The summed E-state index contributed by atoms with van der Waals surface area (Å²) >= 11 is 0. The fourth-order valence-electron chi connectivity index (χ4n) is 4.01. The molecule has 3 rings (SSSR count). The highest BCUT2D eigenvalue weighted by molar-refractivity contribution is 5.90. The van der Waals surface area contributed by atoms with Crippen molar-refractivity contribution in [1.29, 1.82) is 0 Å². The van der Waals surface area contributed by atoms with E-state index in [0.29, 0.717) is 22.5 Å². The molecule has 0 saturated heterocycles. The molecule has 0 bridgehead atoms. The van der Waals surface area contributed by atoms with E-state index in [1.165, 1.54) is 6.08 Å². The molecule has 0 aromatic heterocycles. The molecule has 1 fully saturated rings. The topological polar surface area (TPSA) is 114 Å². The molecule has 0 heterocycles. The lowest BCUT2D eigenvalue weighted by Crippen LogP contribution is -2.28. The minimum atomic E-state index is -0.494. The van der Waals surface area contributed by atoms with E-state index in [2.05, 4.69) is 6.58 Å². The molecule has 36 heavy (non-hydrogen) atoms. The van der Waals surface area contributed by atoms with Gasteiger partial charge in [-0.15, -0.1) is 6.58 Å². The molecule has 0 atom stereocenters. The quantitative estimate of drug-likeness (QED) is 0.133. The number of benzene rings is 2. The minimum absolute atomic E-state index is 0.0594. The van der Waals surface area contributed by atoms with Crippen LogP contribution in [0.3, 0.4) is 0 Å². The van der Waals surface area contributed by atoms with E-state index in [0.717, 1.165) is 57.1 Å². The molecule has 2 aromatic carbocycles. The number of hydrogen-bond donors (Lipinski definition) is 2. The number of anilines is 2. The summed E-state index contributed by atoms with van der Waals surface area (Å²) in [6.07, 6.45) is 11.7. The third-order valence-electron chi connectivity index (χ3n) is 6.15. The Balaban J connectivity index is 1.38. The van der Waals surface area contributed by atoms with Crippen LogP contribution in [-0.2, 0) is 25.6 Å². The summed E-state index contributed by atoms with van der Waals surface area (Å²) < 4.78 is 16.9. The number of carbonyl (C=O) groups is 2. The molecule has 7 heteroatoms. The second-order valence-electron chi connectivity index (χ2n) is 8.98. The maximum absolute atomic E-state index is 12.5. The molecule has 0 aliphatic heterocycles. The van der Waals surface area contributed by atoms with Crippen molar-refractivity contribution in [2.75, 3.05) is 18.1 Å². The first-order valence-electron chi connectivity index (χ1n) is 12.5. The average Bonchev–Trinajstić information content (AvgIpc) is 2.88. The van der Waals surface area contributed by atoms with Gasteiger partial charge in [-0.05, 0) is 80.9 Å². The van der Waals surface area contributed by atoms with Crippen LogP contribution in [0.2, 0.25) is 0 Å². The van der Waals surface area contributed by atoms with Gasteiger partial charge >= 0.3 is 11.9 Å². The number of hydrogen-bond acceptors (Lipinski definition) is 7. The fourth-order valence-corrected chi connectivity index (χ4v) is 4.01. The van der Waals surface area contributed by atoms with E-state index in [4.69, 9.17) is 25.7 Å². The van der Waals surface area contributed by atoms with Gasteiger partial charge in [-0.2, -0.15) is 0 Å². The number of nitrogens with two attached hydrogens (primary N) is 2. The Labute approximate surface area is 213 Å². The lowest BCUT2D eigenvalue weighted by Gasteiger charge is -2.28. The molecular formula is C29H36N2O5. The Hall–Kier alpha value is -3.58. The number of esters is 2. The molecule has 0 amide bonds. The number of ether oxygens (including phenoxy) is 3. The van der Waals surface area contributed by atoms with Gasteiger partial charge in [0.15, 0.2) is 0 Å². The third kappa shape index (κ3) is 8.89. The normalized spacial score (nSPS) is 17.6. The lowest BCUT2D eigenvalue weighted by atomic mass is 9.95. The van der Waals surface area contributed by atoms with Crippen LogP contribution in [0.25, 0.3) is 6.08 Å². The number of carbonyl (C=O) groups excluding carboxylic acids is 2. The van der Waals surface area contributed by atoms with Gasteiger partial charge in [0.2, 0.25) is 0 Å². The van der Waals surface area contributed by atoms with Crippen molar-refractivity contribution in [2.45, 2.75) is 63.8 Å². The summed E-state index contributed by atoms with van der Waals surface area (Å²) in [6, 6.07) is 12.0. The molecular weight excluding hydrogens is 456 g/mol. The van der Waals surface area contributed by atoms with Crippen molar-refractivity contribution in [2.24, 2.45) is 0 Å². The molecule has 1 aliphatic rings. The van der Waals surface area contributed by atoms with Gasteiger partial charge in [-0.3, -0.25) is 0 Å². The molecule has 0 unspecified atom stereocenters. The predicted molar refractivity (Wildman–Crippen MR) is 142 cm³/mol. The van der Waals surface area contributed by atoms with Crippen molar-refractivity contribution in [3.63, 3.8) is 0 Å². The van der Waals surface area contributed by atoms with Crippen molar-refractivity contribution >= 4 is 29.4 Å². The SMILES string of the molecule is C=CCCCCOC1CCC(OC(=O)c2ccc(C=CC(=O)OCc3ccc(N)cc3N)cc2)CC1. The molecule has 2 aromatic rings. The lowest BCUT2D eigenvalue weighted by molar-refractivity contribution is -0.138. The Morgan fingerprint density at radius 3 is 2.39 bits per heavy atom. The maximum Gasteiger partial charge on any atom is 0.338 e. The van der Waals surface area contributed by atoms with Crippen molar-refractivity contribution in [1.82, 2.24) is 0 Å². The average molecular weight is 493 g/mol. The van der Waals surface area contributed by atoms with Gasteiger partial charge < -0.3 is 25.7 Å². The zero-order valence-electron chi connectivity index (χ0n) is 20.7. The fraction of sp³-hybridized carbons (Fsp3) is 0.379. The number of unbranched alkanes of at least 4 members (excludes halogenated alkanes) is 2. The van der Waals surface area contributed by atoms with Gasteiger partial charge in [-0.25, -0.2) is 9.59 Å². The van der Waals surface area contributed by atoms with Crippen LogP contribution in [0.1, 0.15) is 66.4 Å². The van der Waals surface area contributed by atoms with Crippen molar-refractivity contribution in [3.05, 3.63) is 77.9 Å². The second kappa shape index (κ2) is 14.1. The molecule has 0 spiro atoms. The maximum atomic E-state index is 12.5. The van der Waals surface area contributed by atoms with Crippen LogP contribution in [0.4, 0.5) is 11.4 Å². The van der Waals surface area contributed by atoms with Gasteiger partial charge in [0.25, 0.3) is 0 Å². The minimum Gasteiger partial charge on any atom is -0.459 e. The van der Waals surface area contributed by atoms with E-state index < -0.39 is 5.97 Å².